The normalized spacial score (nSPS) is 11.4. The predicted octanol–water partition coefficient (Wildman–Crippen LogP) is 4.34. The standard InChI is InChI=1S/C14H13F3N2/c1-9-8-11(18)4-7-13(9)19-12-5-2-10(3-6-12)14(15,16)17/h2-8,19H,18H2,1H3. The van der Waals surface area contributed by atoms with Crippen molar-refractivity contribution in [2.24, 2.45) is 0 Å². The van der Waals surface area contributed by atoms with Crippen LogP contribution < -0.4 is 11.1 Å². The van der Waals surface area contributed by atoms with Gasteiger partial charge >= 0.3 is 6.18 Å². The third-order valence-electron chi connectivity index (χ3n) is 2.74. The van der Waals surface area contributed by atoms with Gasteiger partial charge in [-0.2, -0.15) is 13.2 Å². The Hall–Kier alpha value is -2.17. The van der Waals surface area contributed by atoms with Crippen molar-refractivity contribution >= 4 is 17.1 Å². The number of aryl methyl sites for hydroxylation is 1. The lowest BCUT2D eigenvalue weighted by Crippen LogP contribution is -2.04. The van der Waals surface area contributed by atoms with E-state index in [9.17, 15) is 13.2 Å². The average molecular weight is 266 g/mol. The molecule has 0 aliphatic rings. The smallest absolute Gasteiger partial charge is 0.399 e. The number of nitrogen functional groups attached to an aromatic ring is 1. The Balaban J connectivity index is 2.20. The molecule has 0 saturated carbocycles. The third kappa shape index (κ3) is 3.19. The van der Waals surface area contributed by atoms with E-state index in [1.165, 1.54) is 12.1 Å². The van der Waals surface area contributed by atoms with Crippen LogP contribution in [0.1, 0.15) is 11.1 Å². The first-order chi connectivity index (χ1) is 8.86. The summed E-state index contributed by atoms with van der Waals surface area (Å²) in [4.78, 5) is 0. The van der Waals surface area contributed by atoms with Gasteiger partial charge in [0.1, 0.15) is 0 Å². The van der Waals surface area contributed by atoms with Crippen LogP contribution >= 0.6 is 0 Å². The van der Waals surface area contributed by atoms with Gasteiger partial charge in [-0.05, 0) is 55.0 Å². The Bertz CT molecular complexity index is 574. The van der Waals surface area contributed by atoms with E-state index in [-0.39, 0.29) is 0 Å². The number of halogens is 3. The van der Waals surface area contributed by atoms with Crippen LogP contribution in [0.2, 0.25) is 0 Å². The van der Waals surface area contributed by atoms with Crippen molar-refractivity contribution < 1.29 is 13.2 Å². The van der Waals surface area contributed by atoms with Crippen LogP contribution in [0, 0.1) is 6.92 Å². The van der Waals surface area contributed by atoms with E-state index in [0.717, 1.165) is 23.4 Å². The summed E-state index contributed by atoms with van der Waals surface area (Å²) >= 11 is 0. The van der Waals surface area contributed by atoms with Gasteiger partial charge in [0.2, 0.25) is 0 Å². The fourth-order valence-electron chi connectivity index (χ4n) is 1.73. The summed E-state index contributed by atoms with van der Waals surface area (Å²) in [5.41, 5.74) is 7.97. The second-order valence-electron chi connectivity index (χ2n) is 4.27. The summed E-state index contributed by atoms with van der Waals surface area (Å²) in [6.45, 7) is 1.88. The molecule has 5 heteroatoms. The number of nitrogens with two attached hydrogens (primary N) is 1. The maximum atomic E-state index is 12.4. The molecule has 0 saturated heterocycles. The van der Waals surface area contributed by atoms with Crippen LogP contribution in [0.15, 0.2) is 42.5 Å². The van der Waals surface area contributed by atoms with Gasteiger partial charge in [-0.15, -0.1) is 0 Å². The summed E-state index contributed by atoms with van der Waals surface area (Å²) in [7, 11) is 0. The molecule has 0 heterocycles. The lowest BCUT2D eigenvalue weighted by Gasteiger charge is -2.11. The fourth-order valence-corrected chi connectivity index (χ4v) is 1.73. The van der Waals surface area contributed by atoms with Gasteiger partial charge in [-0.3, -0.25) is 0 Å². The summed E-state index contributed by atoms with van der Waals surface area (Å²) in [6, 6.07) is 10.2. The van der Waals surface area contributed by atoms with Gasteiger partial charge in [-0.1, -0.05) is 0 Å². The van der Waals surface area contributed by atoms with E-state index >= 15 is 0 Å². The SMILES string of the molecule is Cc1cc(N)ccc1Nc1ccc(C(F)(F)F)cc1. The molecule has 2 aromatic carbocycles. The molecule has 0 spiro atoms. The molecule has 0 fully saturated rings. The third-order valence-corrected chi connectivity index (χ3v) is 2.74. The van der Waals surface area contributed by atoms with Crippen LogP contribution in [0.3, 0.4) is 0 Å². The molecular formula is C14H13F3N2. The van der Waals surface area contributed by atoms with E-state index < -0.39 is 11.7 Å². The van der Waals surface area contributed by atoms with E-state index in [1.54, 1.807) is 18.2 Å². The zero-order valence-electron chi connectivity index (χ0n) is 10.3. The zero-order valence-corrected chi connectivity index (χ0v) is 10.3. The Labute approximate surface area is 109 Å². The first kappa shape index (κ1) is 13.3. The number of hydrogen-bond acceptors (Lipinski definition) is 2. The number of nitrogens with one attached hydrogen (secondary N) is 1. The number of alkyl halides is 3. The minimum absolute atomic E-state index is 0.598. The Morgan fingerprint density at radius 2 is 1.63 bits per heavy atom. The maximum absolute atomic E-state index is 12.4. The first-order valence-corrected chi connectivity index (χ1v) is 5.67. The fraction of sp³-hybridized carbons (Fsp3) is 0.143. The molecule has 2 rings (SSSR count). The summed E-state index contributed by atoms with van der Waals surface area (Å²) in [6.07, 6.45) is -4.31. The largest absolute Gasteiger partial charge is 0.416 e. The molecular weight excluding hydrogens is 253 g/mol. The highest BCUT2D eigenvalue weighted by Gasteiger charge is 2.29. The zero-order chi connectivity index (χ0) is 14.0. The van der Waals surface area contributed by atoms with Gasteiger partial charge in [-0.25, -0.2) is 0 Å². The van der Waals surface area contributed by atoms with Crippen molar-refractivity contribution in [3.63, 3.8) is 0 Å². The molecule has 0 atom stereocenters. The second-order valence-corrected chi connectivity index (χ2v) is 4.27. The van der Waals surface area contributed by atoms with Gasteiger partial charge in [0.15, 0.2) is 0 Å². The molecule has 2 aromatic rings. The van der Waals surface area contributed by atoms with Gasteiger partial charge in [0.05, 0.1) is 5.56 Å². The van der Waals surface area contributed by atoms with Crippen LogP contribution in [0.5, 0.6) is 0 Å². The Kier molecular flexibility index (Phi) is 3.38. The Morgan fingerprint density at radius 1 is 1.00 bits per heavy atom. The first-order valence-electron chi connectivity index (χ1n) is 5.67. The summed E-state index contributed by atoms with van der Waals surface area (Å²) < 4.78 is 37.3. The molecule has 0 unspecified atom stereocenters. The highest BCUT2D eigenvalue weighted by atomic mass is 19.4. The van der Waals surface area contributed by atoms with Crippen LogP contribution in [0.25, 0.3) is 0 Å². The predicted molar refractivity (Wildman–Crippen MR) is 70.3 cm³/mol. The molecule has 0 aliphatic heterocycles. The highest BCUT2D eigenvalue weighted by molar-refractivity contribution is 5.65. The Morgan fingerprint density at radius 3 is 2.16 bits per heavy atom. The van der Waals surface area contributed by atoms with Crippen molar-refractivity contribution in [3.8, 4) is 0 Å². The summed E-state index contributed by atoms with van der Waals surface area (Å²) in [5, 5.41) is 3.06. The van der Waals surface area contributed by atoms with Crippen molar-refractivity contribution in [2.75, 3.05) is 11.1 Å². The molecule has 0 aliphatic carbocycles. The van der Waals surface area contributed by atoms with Gasteiger partial charge in [0, 0.05) is 17.1 Å². The number of anilines is 3. The number of rotatable bonds is 2. The molecule has 2 nitrogen and oxygen atoms in total. The van der Waals surface area contributed by atoms with Crippen molar-refractivity contribution in [3.05, 3.63) is 53.6 Å². The molecule has 0 radical (unpaired) electrons. The molecule has 19 heavy (non-hydrogen) atoms. The molecule has 0 aromatic heterocycles. The van der Waals surface area contributed by atoms with Crippen molar-refractivity contribution in [1.82, 2.24) is 0 Å². The molecule has 0 amide bonds. The van der Waals surface area contributed by atoms with Crippen LogP contribution in [-0.2, 0) is 6.18 Å². The van der Waals surface area contributed by atoms with Gasteiger partial charge < -0.3 is 11.1 Å². The molecule has 3 N–H and O–H groups in total. The second kappa shape index (κ2) is 4.84. The quantitative estimate of drug-likeness (QED) is 0.793. The van der Waals surface area contributed by atoms with Crippen LogP contribution in [-0.4, -0.2) is 0 Å². The lowest BCUT2D eigenvalue weighted by molar-refractivity contribution is -0.137. The van der Waals surface area contributed by atoms with Crippen molar-refractivity contribution in [2.45, 2.75) is 13.1 Å². The van der Waals surface area contributed by atoms with E-state index in [4.69, 9.17) is 5.73 Å². The van der Waals surface area contributed by atoms with Crippen LogP contribution in [0.4, 0.5) is 30.2 Å². The monoisotopic (exact) mass is 266 g/mol. The molecule has 0 bridgehead atoms. The van der Waals surface area contributed by atoms with Crippen molar-refractivity contribution in [1.29, 1.82) is 0 Å². The minimum atomic E-state index is -4.31. The minimum Gasteiger partial charge on any atom is -0.399 e. The maximum Gasteiger partial charge on any atom is 0.416 e. The topological polar surface area (TPSA) is 38.0 Å². The van der Waals surface area contributed by atoms with Gasteiger partial charge in [0.25, 0.3) is 0 Å². The number of hydrogen-bond donors (Lipinski definition) is 2. The van der Waals surface area contributed by atoms with E-state index in [0.29, 0.717) is 11.4 Å². The molecule has 100 valence electrons. The number of benzene rings is 2. The van der Waals surface area contributed by atoms with E-state index in [2.05, 4.69) is 5.32 Å². The summed E-state index contributed by atoms with van der Waals surface area (Å²) in [5.74, 6) is 0. The lowest BCUT2D eigenvalue weighted by atomic mass is 10.1. The van der Waals surface area contributed by atoms with E-state index in [1.807, 2.05) is 6.92 Å². The highest BCUT2D eigenvalue weighted by Crippen LogP contribution is 2.30. The average Bonchev–Trinajstić information content (AvgIpc) is 2.32.